The van der Waals surface area contributed by atoms with Crippen LogP contribution in [-0.4, -0.2) is 47.0 Å². The van der Waals surface area contributed by atoms with E-state index in [0.717, 1.165) is 61.3 Å². The van der Waals surface area contributed by atoms with Crippen LogP contribution in [0.15, 0.2) is 29.4 Å². The SMILES string of the molecule is Cc1nc(SCC(=O)Nc2ccc(N3CCCC3)cc2)n(CC2CCCO2)c1C. The average molecular weight is 415 g/mol. The van der Waals surface area contributed by atoms with E-state index in [1.807, 2.05) is 19.1 Å². The van der Waals surface area contributed by atoms with E-state index < -0.39 is 0 Å². The van der Waals surface area contributed by atoms with Gasteiger partial charge in [-0.2, -0.15) is 0 Å². The zero-order valence-corrected chi connectivity index (χ0v) is 18.1. The van der Waals surface area contributed by atoms with Crippen molar-refractivity contribution in [3.63, 3.8) is 0 Å². The number of rotatable bonds is 7. The maximum absolute atomic E-state index is 12.5. The second-order valence-corrected chi connectivity index (χ2v) is 8.83. The van der Waals surface area contributed by atoms with E-state index in [9.17, 15) is 4.79 Å². The summed E-state index contributed by atoms with van der Waals surface area (Å²) in [6.45, 7) is 8.02. The lowest BCUT2D eigenvalue weighted by Crippen LogP contribution is -2.19. The molecule has 2 fully saturated rings. The molecule has 6 nitrogen and oxygen atoms in total. The first-order chi connectivity index (χ1) is 14.1. The molecule has 0 bridgehead atoms. The van der Waals surface area contributed by atoms with Gasteiger partial charge < -0.3 is 19.5 Å². The van der Waals surface area contributed by atoms with Crippen LogP contribution in [0.5, 0.6) is 0 Å². The number of imidazole rings is 1. The van der Waals surface area contributed by atoms with Crippen LogP contribution in [0, 0.1) is 13.8 Å². The molecule has 2 aliphatic heterocycles. The highest BCUT2D eigenvalue weighted by molar-refractivity contribution is 7.99. The number of hydrogen-bond donors (Lipinski definition) is 1. The molecule has 1 aromatic heterocycles. The molecule has 2 saturated heterocycles. The van der Waals surface area contributed by atoms with Gasteiger partial charge in [0.2, 0.25) is 5.91 Å². The van der Waals surface area contributed by atoms with Gasteiger partial charge >= 0.3 is 0 Å². The highest BCUT2D eigenvalue weighted by Crippen LogP contribution is 2.25. The molecule has 1 aromatic carbocycles. The van der Waals surface area contributed by atoms with Crippen LogP contribution in [0.4, 0.5) is 11.4 Å². The number of amides is 1. The van der Waals surface area contributed by atoms with Crippen molar-refractivity contribution in [1.29, 1.82) is 0 Å². The summed E-state index contributed by atoms with van der Waals surface area (Å²) in [6.07, 6.45) is 4.99. The molecule has 0 spiro atoms. The predicted octanol–water partition coefficient (Wildman–Crippen LogP) is 4.01. The molecular formula is C22H30N4O2S. The van der Waals surface area contributed by atoms with Gasteiger partial charge in [0.15, 0.2) is 5.16 Å². The van der Waals surface area contributed by atoms with Gasteiger partial charge in [0.25, 0.3) is 0 Å². The summed E-state index contributed by atoms with van der Waals surface area (Å²) >= 11 is 1.49. The lowest BCUT2D eigenvalue weighted by molar-refractivity contribution is -0.113. The second-order valence-electron chi connectivity index (χ2n) is 7.89. The first-order valence-electron chi connectivity index (χ1n) is 10.5. The van der Waals surface area contributed by atoms with Gasteiger partial charge in [-0.3, -0.25) is 4.79 Å². The number of ether oxygens (including phenoxy) is 1. The third-order valence-electron chi connectivity index (χ3n) is 5.79. The Balaban J connectivity index is 1.33. The monoisotopic (exact) mass is 414 g/mol. The molecular weight excluding hydrogens is 384 g/mol. The van der Waals surface area contributed by atoms with E-state index in [2.05, 4.69) is 38.8 Å². The minimum absolute atomic E-state index is 0.00843. The predicted molar refractivity (Wildman–Crippen MR) is 118 cm³/mol. The van der Waals surface area contributed by atoms with Crippen LogP contribution in [0.2, 0.25) is 0 Å². The molecule has 1 N–H and O–H groups in total. The first-order valence-corrected chi connectivity index (χ1v) is 11.5. The molecule has 1 amide bonds. The summed E-state index contributed by atoms with van der Waals surface area (Å²) < 4.78 is 7.99. The molecule has 29 heavy (non-hydrogen) atoms. The number of carbonyl (C=O) groups excluding carboxylic acids is 1. The number of aromatic nitrogens is 2. The van der Waals surface area contributed by atoms with Gasteiger partial charge in [-0.05, 0) is 63.8 Å². The minimum Gasteiger partial charge on any atom is -0.376 e. The van der Waals surface area contributed by atoms with Crippen molar-refractivity contribution in [2.45, 2.75) is 57.3 Å². The fraction of sp³-hybridized carbons (Fsp3) is 0.545. The number of benzene rings is 1. The van der Waals surface area contributed by atoms with Gasteiger partial charge in [0.1, 0.15) is 0 Å². The van der Waals surface area contributed by atoms with E-state index in [0.29, 0.717) is 5.75 Å². The van der Waals surface area contributed by atoms with Crippen molar-refractivity contribution in [3.05, 3.63) is 35.7 Å². The Kier molecular flexibility index (Phi) is 6.45. The number of anilines is 2. The third kappa shape index (κ3) is 4.95. The molecule has 1 unspecified atom stereocenters. The number of carbonyl (C=O) groups is 1. The summed E-state index contributed by atoms with van der Waals surface area (Å²) in [4.78, 5) is 19.5. The number of thioether (sulfide) groups is 1. The van der Waals surface area contributed by atoms with Crippen LogP contribution in [0.25, 0.3) is 0 Å². The first kappa shape index (κ1) is 20.3. The second kappa shape index (κ2) is 9.22. The van der Waals surface area contributed by atoms with Crippen LogP contribution >= 0.6 is 11.8 Å². The molecule has 1 atom stereocenters. The Morgan fingerprint density at radius 2 is 1.97 bits per heavy atom. The summed E-state index contributed by atoms with van der Waals surface area (Å²) in [5.41, 5.74) is 4.25. The highest BCUT2D eigenvalue weighted by atomic mass is 32.2. The van der Waals surface area contributed by atoms with E-state index in [1.54, 1.807) is 0 Å². The molecule has 156 valence electrons. The smallest absolute Gasteiger partial charge is 0.234 e. The summed E-state index contributed by atoms with van der Waals surface area (Å²) in [6, 6.07) is 8.16. The largest absolute Gasteiger partial charge is 0.376 e. The zero-order chi connectivity index (χ0) is 20.2. The van der Waals surface area contributed by atoms with E-state index in [-0.39, 0.29) is 12.0 Å². The number of hydrogen-bond acceptors (Lipinski definition) is 5. The molecule has 2 aromatic rings. The Morgan fingerprint density at radius 1 is 1.21 bits per heavy atom. The van der Waals surface area contributed by atoms with E-state index in [1.165, 1.54) is 30.3 Å². The van der Waals surface area contributed by atoms with Crippen LogP contribution in [-0.2, 0) is 16.1 Å². The quantitative estimate of drug-likeness (QED) is 0.694. The number of aryl methyl sites for hydroxylation is 1. The molecule has 7 heteroatoms. The van der Waals surface area contributed by atoms with Crippen LogP contribution < -0.4 is 10.2 Å². The van der Waals surface area contributed by atoms with Crippen LogP contribution in [0.1, 0.15) is 37.1 Å². The lowest BCUT2D eigenvalue weighted by Gasteiger charge is -2.17. The zero-order valence-electron chi connectivity index (χ0n) is 17.3. The van der Waals surface area contributed by atoms with Crippen molar-refractivity contribution in [2.24, 2.45) is 0 Å². The normalized spacial score (nSPS) is 19.1. The Labute approximate surface area is 177 Å². The highest BCUT2D eigenvalue weighted by Gasteiger charge is 2.21. The van der Waals surface area contributed by atoms with Gasteiger partial charge in [0.05, 0.1) is 24.1 Å². The van der Waals surface area contributed by atoms with Gasteiger partial charge in [-0.1, -0.05) is 11.8 Å². The maximum atomic E-state index is 12.5. The van der Waals surface area contributed by atoms with Crippen LogP contribution in [0.3, 0.4) is 0 Å². The standard InChI is InChI=1S/C22H30N4O2S/c1-16-17(2)26(14-20-6-5-13-28-20)22(23-16)29-15-21(27)24-18-7-9-19(10-8-18)25-11-3-4-12-25/h7-10,20H,3-6,11-15H2,1-2H3,(H,24,27). The molecule has 0 saturated carbocycles. The van der Waals surface area contributed by atoms with Crippen molar-refractivity contribution < 1.29 is 9.53 Å². The van der Waals surface area contributed by atoms with E-state index >= 15 is 0 Å². The van der Waals surface area contributed by atoms with Gasteiger partial charge in [-0.25, -0.2) is 4.98 Å². The fourth-order valence-electron chi connectivity index (χ4n) is 4.00. The Bertz CT molecular complexity index is 837. The molecule has 0 radical (unpaired) electrons. The van der Waals surface area contributed by atoms with Gasteiger partial charge in [0, 0.05) is 36.8 Å². The van der Waals surface area contributed by atoms with Crippen molar-refractivity contribution in [3.8, 4) is 0 Å². The molecule has 0 aliphatic carbocycles. The maximum Gasteiger partial charge on any atom is 0.234 e. The number of nitrogens with zero attached hydrogens (tertiary/aromatic N) is 3. The summed E-state index contributed by atoms with van der Waals surface area (Å²) in [5.74, 6) is 0.334. The topological polar surface area (TPSA) is 59.4 Å². The molecule has 2 aliphatic rings. The minimum atomic E-state index is -0.00843. The fourth-order valence-corrected chi connectivity index (χ4v) is 4.90. The lowest BCUT2D eigenvalue weighted by atomic mass is 10.2. The van der Waals surface area contributed by atoms with Crippen molar-refractivity contribution in [2.75, 3.05) is 35.7 Å². The summed E-state index contributed by atoms with van der Waals surface area (Å²) in [7, 11) is 0. The molecule has 3 heterocycles. The number of nitrogens with one attached hydrogen (secondary N) is 1. The summed E-state index contributed by atoms with van der Waals surface area (Å²) in [5, 5.41) is 3.90. The molecule has 4 rings (SSSR count). The van der Waals surface area contributed by atoms with E-state index in [4.69, 9.17) is 4.74 Å². The average Bonchev–Trinajstić information content (AvgIpc) is 3.47. The van der Waals surface area contributed by atoms with Crippen molar-refractivity contribution in [1.82, 2.24) is 9.55 Å². The van der Waals surface area contributed by atoms with Gasteiger partial charge in [-0.15, -0.1) is 0 Å². The third-order valence-corrected chi connectivity index (χ3v) is 6.76. The Hall–Kier alpha value is -1.99. The van der Waals surface area contributed by atoms with Crippen molar-refractivity contribution >= 4 is 29.0 Å². The Morgan fingerprint density at radius 3 is 2.66 bits per heavy atom.